The zero-order valence-electron chi connectivity index (χ0n) is 10.4. The average Bonchev–Trinajstić information content (AvgIpc) is 2.66. The number of carbonyl (C=O) groups is 2. The molecule has 4 nitrogen and oxygen atoms in total. The molecule has 2 atom stereocenters. The third-order valence-electron chi connectivity index (χ3n) is 3.47. The van der Waals surface area contributed by atoms with Crippen molar-refractivity contribution in [2.24, 2.45) is 11.8 Å². The second-order valence-electron chi connectivity index (χ2n) is 4.58. The number of amides is 2. The maximum absolute atomic E-state index is 11.8. The molecule has 0 aromatic carbocycles. The molecule has 0 bridgehead atoms. The Labute approximate surface area is 97.2 Å². The van der Waals surface area contributed by atoms with Gasteiger partial charge in [0, 0.05) is 19.0 Å². The van der Waals surface area contributed by atoms with Crippen LogP contribution in [0.1, 0.15) is 40.0 Å². The minimum absolute atomic E-state index is 0.0118. The Bertz CT molecular complexity index is 262. The summed E-state index contributed by atoms with van der Waals surface area (Å²) in [4.78, 5) is 22.8. The molecule has 1 rings (SSSR count). The van der Waals surface area contributed by atoms with Crippen LogP contribution in [0.4, 0.5) is 0 Å². The highest BCUT2D eigenvalue weighted by atomic mass is 16.2. The van der Waals surface area contributed by atoms with Gasteiger partial charge in [0.15, 0.2) is 0 Å². The van der Waals surface area contributed by atoms with E-state index < -0.39 is 0 Å². The first-order chi connectivity index (χ1) is 7.58. The van der Waals surface area contributed by atoms with Crippen molar-refractivity contribution in [3.63, 3.8) is 0 Å². The van der Waals surface area contributed by atoms with Crippen LogP contribution in [-0.4, -0.2) is 24.4 Å². The topological polar surface area (TPSA) is 58.2 Å². The van der Waals surface area contributed by atoms with Gasteiger partial charge in [-0.05, 0) is 12.8 Å². The first-order valence-electron chi connectivity index (χ1n) is 6.15. The first kappa shape index (κ1) is 13.0. The summed E-state index contributed by atoms with van der Waals surface area (Å²) < 4.78 is 0. The van der Waals surface area contributed by atoms with Crippen molar-refractivity contribution >= 4 is 11.8 Å². The quantitative estimate of drug-likeness (QED) is 0.736. The minimum atomic E-state index is -0.177. The van der Waals surface area contributed by atoms with E-state index >= 15 is 0 Å². The van der Waals surface area contributed by atoms with Crippen LogP contribution in [0.25, 0.3) is 0 Å². The molecular formula is C12H22N2O2. The summed E-state index contributed by atoms with van der Waals surface area (Å²) in [6.45, 7) is 6.80. The van der Waals surface area contributed by atoms with Crippen molar-refractivity contribution in [1.29, 1.82) is 0 Å². The smallest absolute Gasteiger partial charge is 0.225 e. The second-order valence-corrected chi connectivity index (χ2v) is 4.58. The summed E-state index contributed by atoms with van der Waals surface area (Å²) in [7, 11) is 0. The van der Waals surface area contributed by atoms with Crippen LogP contribution in [0.3, 0.4) is 0 Å². The molecule has 16 heavy (non-hydrogen) atoms. The van der Waals surface area contributed by atoms with E-state index in [1.807, 2.05) is 6.92 Å². The van der Waals surface area contributed by atoms with Crippen molar-refractivity contribution in [3.05, 3.63) is 0 Å². The van der Waals surface area contributed by atoms with E-state index in [4.69, 9.17) is 0 Å². The molecule has 0 radical (unpaired) electrons. The molecule has 2 amide bonds. The van der Waals surface area contributed by atoms with E-state index in [9.17, 15) is 9.59 Å². The number of hydrogen-bond acceptors (Lipinski definition) is 2. The predicted octanol–water partition coefficient (Wildman–Crippen LogP) is 1.06. The Morgan fingerprint density at radius 3 is 2.56 bits per heavy atom. The van der Waals surface area contributed by atoms with E-state index in [-0.39, 0.29) is 23.8 Å². The predicted molar refractivity (Wildman–Crippen MR) is 62.8 cm³/mol. The molecule has 0 spiro atoms. The fourth-order valence-corrected chi connectivity index (χ4v) is 2.25. The van der Waals surface area contributed by atoms with Gasteiger partial charge in [0.2, 0.25) is 11.8 Å². The number of rotatable bonds is 5. The molecule has 92 valence electrons. The summed E-state index contributed by atoms with van der Waals surface area (Å²) in [6, 6.07) is 0.193. The van der Waals surface area contributed by atoms with E-state index in [0.29, 0.717) is 18.9 Å². The van der Waals surface area contributed by atoms with Gasteiger partial charge in [0.05, 0.1) is 5.92 Å². The normalized spacial score (nSPS) is 22.0. The molecule has 1 fully saturated rings. The molecule has 1 heterocycles. The zero-order valence-corrected chi connectivity index (χ0v) is 10.4. The van der Waals surface area contributed by atoms with Gasteiger partial charge in [-0.15, -0.1) is 0 Å². The highest BCUT2D eigenvalue weighted by Gasteiger charge is 2.29. The van der Waals surface area contributed by atoms with E-state index in [0.717, 1.165) is 12.8 Å². The maximum atomic E-state index is 11.8. The monoisotopic (exact) mass is 226 g/mol. The molecular weight excluding hydrogens is 204 g/mol. The Morgan fingerprint density at radius 1 is 1.50 bits per heavy atom. The molecule has 2 unspecified atom stereocenters. The van der Waals surface area contributed by atoms with Crippen LogP contribution in [0.5, 0.6) is 0 Å². The zero-order chi connectivity index (χ0) is 12.1. The highest BCUT2D eigenvalue weighted by molar-refractivity contribution is 5.89. The average molecular weight is 226 g/mol. The van der Waals surface area contributed by atoms with Gasteiger partial charge in [-0.1, -0.05) is 26.7 Å². The second kappa shape index (κ2) is 5.87. The van der Waals surface area contributed by atoms with Gasteiger partial charge in [-0.3, -0.25) is 9.59 Å². The lowest BCUT2D eigenvalue weighted by Crippen LogP contribution is -2.41. The lowest BCUT2D eigenvalue weighted by Gasteiger charge is -2.23. The first-order valence-corrected chi connectivity index (χ1v) is 6.15. The van der Waals surface area contributed by atoms with Crippen LogP contribution < -0.4 is 10.6 Å². The lowest BCUT2D eigenvalue weighted by molar-refractivity contribution is -0.127. The van der Waals surface area contributed by atoms with Gasteiger partial charge in [-0.2, -0.15) is 0 Å². The number of carbonyl (C=O) groups excluding carboxylic acids is 2. The number of nitrogens with one attached hydrogen (secondary N) is 2. The highest BCUT2D eigenvalue weighted by Crippen LogP contribution is 2.15. The van der Waals surface area contributed by atoms with Crippen molar-refractivity contribution in [3.8, 4) is 0 Å². The standard InChI is InChI=1S/C12H22N2O2/c1-4-9(5-2)8(3)14-12(16)10-6-11(15)13-7-10/h8-10H,4-7H2,1-3H3,(H,13,15)(H,14,16). The molecule has 2 N–H and O–H groups in total. The molecule has 0 aromatic rings. The molecule has 0 aromatic heterocycles. The van der Waals surface area contributed by atoms with Gasteiger partial charge in [0.25, 0.3) is 0 Å². The van der Waals surface area contributed by atoms with E-state index in [1.54, 1.807) is 0 Å². The lowest BCUT2D eigenvalue weighted by atomic mass is 9.95. The van der Waals surface area contributed by atoms with Crippen LogP contribution in [0, 0.1) is 11.8 Å². The van der Waals surface area contributed by atoms with Gasteiger partial charge in [0.1, 0.15) is 0 Å². The number of hydrogen-bond donors (Lipinski definition) is 2. The summed E-state index contributed by atoms with van der Waals surface area (Å²) in [6.07, 6.45) is 2.47. The van der Waals surface area contributed by atoms with Gasteiger partial charge >= 0.3 is 0 Å². The van der Waals surface area contributed by atoms with Crippen LogP contribution in [0.2, 0.25) is 0 Å². The van der Waals surface area contributed by atoms with E-state index in [1.165, 1.54) is 0 Å². The summed E-state index contributed by atoms with van der Waals surface area (Å²) in [5.74, 6) is 0.339. The van der Waals surface area contributed by atoms with Gasteiger partial charge in [-0.25, -0.2) is 0 Å². The summed E-state index contributed by atoms with van der Waals surface area (Å²) >= 11 is 0. The molecule has 1 aliphatic heterocycles. The van der Waals surface area contributed by atoms with Gasteiger partial charge < -0.3 is 10.6 Å². The fourth-order valence-electron chi connectivity index (χ4n) is 2.25. The minimum Gasteiger partial charge on any atom is -0.355 e. The third-order valence-corrected chi connectivity index (χ3v) is 3.47. The van der Waals surface area contributed by atoms with Crippen molar-refractivity contribution < 1.29 is 9.59 Å². The van der Waals surface area contributed by atoms with Crippen LogP contribution in [0.15, 0.2) is 0 Å². The van der Waals surface area contributed by atoms with Crippen molar-refractivity contribution in [1.82, 2.24) is 10.6 Å². The molecule has 1 saturated heterocycles. The molecule has 1 aliphatic rings. The fraction of sp³-hybridized carbons (Fsp3) is 0.833. The third kappa shape index (κ3) is 3.22. The van der Waals surface area contributed by atoms with Crippen molar-refractivity contribution in [2.75, 3.05) is 6.54 Å². The maximum Gasteiger partial charge on any atom is 0.225 e. The van der Waals surface area contributed by atoms with E-state index in [2.05, 4.69) is 24.5 Å². The Kier molecular flexibility index (Phi) is 4.77. The Hall–Kier alpha value is -1.06. The summed E-state index contributed by atoms with van der Waals surface area (Å²) in [5.41, 5.74) is 0. The van der Waals surface area contributed by atoms with Crippen LogP contribution in [-0.2, 0) is 9.59 Å². The SMILES string of the molecule is CCC(CC)C(C)NC(=O)C1CNC(=O)C1. The van der Waals surface area contributed by atoms with Crippen LogP contribution >= 0.6 is 0 Å². The molecule has 0 saturated carbocycles. The Morgan fingerprint density at radius 2 is 2.12 bits per heavy atom. The summed E-state index contributed by atoms with van der Waals surface area (Å²) in [5, 5.41) is 5.69. The largest absolute Gasteiger partial charge is 0.355 e. The molecule has 4 heteroatoms. The van der Waals surface area contributed by atoms with Crippen molar-refractivity contribution in [2.45, 2.75) is 46.1 Å². The molecule has 0 aliphatic carbocycles. The Balaban J connectivity index is 2.41.